The predicted octanol–water partition coefficient (Wildman–Crippen LogP) is 11.8. The van der Waals surface area contributed by atoms with Gasteiger partial charge in [0.25, 0.3) is 6.23 Å². The Morgan fingerprint density at radius 2 is 1.33 bits per heavy atom. The lowest BCUT2D eigenvalue weighted by molar-refractivity contribution is -0.772. The van der Waals surface area contributed by atoms with Gasteiger partial charge in [-0.2, -0.15) is 4.57 Å². The van der Waals surface area contributed by atoms with E-state index in [2.05, 4.69) is 98.7 Å². The summed E-state index contributed by atoms with van der Waals surface area (Å²) in [5.74, 6) is 1.88. The van der Waals surface area contributed by atoms with Gasteiger partial charge in [0.1, 0.15) is 11.5 Å². The van der Waals surface area contributed by atoms with Crippen LogP contribution in [-0.4, -0.2) is 102 Å². The molecule has 2 N–H and O–H groups in total. The van der Waals surface area contributed by atoms with Gasteiger partial charge in [0.05, 0.1) is 96.7 Å². The van der Waals surface area contributed by atoms with Gasteiger partial charge < -0.3 is 33.3 Å². The molecule has 0 amide bonds. The molecule has 4 unspecified atom stereocenters. The van der Waals surface area contributed by atoms with Crippen molar-refractivity contribution < 1.29 is 39.7 Å². The SMILES string of the molecule is Cc1nnc(-c2c(CCC3CCOCC3)nc3c(c2-c2cn4cccc(N[C@@H]5CCc6c5ccc[n+]6C5CC(CCc6nc7c(c(-c8cn9c(N[C@@H]%10C=Cc%11ncccc%11%10)cccc9n8)c6-c6nnc(C)o6)S(=O)(=O)CC7C(C)C)CCO5)c4n2)S(=O)(=O)CC3C(C)C)o1. The molecule has 4 aliphatic heterocycles. The molecule has 10 aromatic heterocycles. The van der Waals surface area contributed by atoms with Gasteiger partial charge in [-0.1, -0.05) is 45.9 Å². The topological polar surface area (TPSA) is 266 Å². The average molecular weight is 1300 g/mol. The van der Waals surface area contributed by atoms with Gasteiger partial charge in [-0.05, 0) is 118 Å². The first kappa shape index (κ1) is 60.4. The van der Waals surface area contributed by atoms with Crippen LogP contribution in [0.2, 0.25) is 0 Å². The number of sulfone groups is 2. The first-order chi connectivity index (χ1) is 45.5. The van der Waals surface area contributed by atoms with Crippen molar-refractivity contribution in [2.75, 3.05) is 42.0 Å². The Balaban J connectivity index is 0.701. The Morgan fingerprint density at radius 3 is 2.00 bits per heavy atom. The van der Waals surface area contributed by atoms with E-state index in [0.717, 1.165) is 93.0 Å². The molecule has 0 radical (unpaired) electrons. The molecule has 0 saturated carbocycles. The normalized spacial score (nSPS) is 22.0. The van der Waals surface area contributed by atoms with E-state index >= 15 is 0 Å². The minimum Gasteiger partial charge on any atom is -0.421 e. The van der Waals surface area contributed by atoms with Gasteiger partial charge in [0, 0.05) is 105 Å². The van der Waals surface area contributed by atoms with E-state index in [9.17, 15) is 16.8 Å². The monoisotopic (exact) mass is 1300 g/mol. The number of nitrogens with zero attached hydrogens (tertiary/aromatic N) is 12. The maximum atomic E-state index is 14.7. The number of hydrogen-bond acceptors (Lipinski definition) is 19. The van der Waals surface area contributed by atoms with Gasteiger partial charge in [-0.3, -0.25) is 19.4 Å². The highest BCUT2D eigenvalue weighted by atomic mass is 32.2. The molecule has 14 heterocycles. The largest absolute Gasteiger partial charge is 0.421 e. The molecule has 0 aromatic carbocycles. The summed E-state index contributed by atoms with van der Waals surface area (Å²) in [5.41, 5.74) is 11.9. The summed E-state index contributed by atoms with van der Waals surface area (Å²) < 4.78 is 89.9. The summed E-state index contributed by atoms with van der Waals surface area (Å²) in [6.07, 6.45) is 21.4. The standard InChI is InChI=1S/C70H75N14O8S2/c1-38(2)46-36-93(85,86)66-60(62(69-80-78-40(5)91-69)51(75-64(46)66)18-16-42-24-30-89-31-25-42)54-34-82-28-10-13-53(68(82)77-54)72-50-22-23-56-45(50)12-9-29-83(56)59-33-43(26-32-90-59)17-19-52-63(70-81-79-41(6)92-70)61(67-65(76-52)47(39(3)4)37-94(67,87)88)55-35-84-57(14-7-15-58(84)74-55)73-49-21-20-48-44(49)11-8-27-71-48/h7-15,20-21,27-29,34-35,38-39,42-43,46-47,49-50,59,72-73H,16-19,22-26,30-33,36-37H2,1-6H3/q+1/t43?,46?,47?,49-,50-,59?/m1/s1. The highest BCUT2D eigenvalue weighted by Crippen LogP contribution is 2.51. The first-order valence-electron chi connectivity index (χ1n) is 33.1. The summed E-state index contributed by atoms with van der Waals surface area (Å²) in [4.78, 5) is 26.1. The van der Waals surface area contributed by atoms with E-state index in [1.54, 1.807) is 20.0 Å². The lowest BCUT2D eigenvalue weighted by atomic mass is 9.88. The Hall–Kier alpha value is -8.58. The van der Waals surface area contributed by atoms with Crippen molar-refractivity contribution in [3.63, 3.8) is 0 Å². The molecule has 22 nitrogen and oxygen atoms in total. The molecular formula is C70H75N14O8S2+. The van der Waals surface area contributed by atoms with Crippen LogP contribution in [0.1, 0.15) is 160 Å². The number of aryl methyl sites for hydroxylation is 4. The maximum Gasteiger partial charge on any atom is 0.262 e. The number of anilines is 2. The van der Waals surface area contributed by atoms with Crippen molar-refractivity contribution in [2.24, 2.45) is 23.7 Å². The molecule has 94 heavy (non-hydrogen) atoms. The van der Waals surface area contributed by atoms with Crippen LogP contribution in [0, 0.1) is 37.5 Å². The molecule has 24 heteroatoms. The van der Waals surface area contributed by atoms with E-state index in [1.165, 1.54) is 11.3 Å². The molecular weight excluding hydrogens is 1230 g/mol. The average Bonchev–Trinajstić information content (AvgIpc) is 1.54. The van der Waals surface area contributed by atoms with Crippen LogP contribution in [0.5, 0.6) is 0 Å². The number of nitrogens with one attached hydrogen (secondary N) is 2. The smallest absolute Gasteiger partial charge is 0.262 e. The summed E-state index contributed by atoms with van der Waals surface area (Å²) >= 11 is 0. The molecule has 2 fully saturated rings. The number of hydrogen-bond donors (Lipinski definition) is 2. The van der Waals surface area contributed by atoms with Gasteiger partial charge in [0.2, 0.25) is 23.6 Å². The Morgan fingerprint density at radius 1 is 0.670 bits per heavy atom. The molecule has 2 aliphatic carbocycles. The van der Waals surface area contributed by atoms with Crippen LogP contribution >= 0.6 is 0 Å². The van der Waals surface area contributed by atoms with Crippen molar-refractivity contribution >= 4 is 48.6 Å². The van der Waals surface area contributed by atoms with E-state index in [-0.39, 0.29) is 81.0 Å². The Labute approximate surface area is 545 Å². The van der Waals surface area contributed by atoms with E-state index in [4.69, 9.17) is 38.2 Å². The summed E-state index contributed by atoms with van der Waals surface area (Å²) in [7, 11) is -7.67. The van der Waals surface area contributed by atoms with E-state index in [1.807, 2.05) is 69.9 Å². The third-order valence-electron chi connectivity index (χ3n) is 20.3. The minimum absolute atomic E-state index is 0.00918. The molecule has 6 aliphatic rings. The summed E-state index contributed by atoms with van der Waals surface area (Å²) in [5, 5.41) is 25.2. The molecule has 2 saturated heterocycles. The van der Waals surface area contributed by atoms with Crippen molar-refractivity contribution in [1.29, 1.82) is 0 Å². The maximum absolute atomic E-state index is 14.7. The molecule has 0 spiro atoms. The first-order valence-corrected chi connectivity index (χ1v) is 36.4. The van der Waals surface area contributed by atoms with Crippen molar-refractivity contribution in [1.82, 2.24) is 54.1 Å². The van der Waals surface area contributed by atoms with Crippen molar-refractivity contribution in [3.05, 3.63) is 149 Å². The fraction of sp³-hybridized carbons (Fsp3) is 0.429. The van der Waals surface area contributed by atoms with Crippen LogP contribution < -0.4 is 15.2 Å². The summed E-state index contributed by atoms with van der Waals surface area (Å²) in [6.45, 7) is 13.7. The lowest BCUT2D eigenvalue weighted by Crippen LogP contribution is -2.47. The van der Waals surface area contributed by atoms with Crippen LogP contribution in [0.3, 0.4) is 0 Å². The van der Waals surface area contributed by atoms with Crippen LogP contribution in [0.4, 0.5) is 11.5 Å². The lowest BCUT2D eigenvalue weighted by Gasteiger charge is -2.27. The van der Waals surface area contributed by atoms with Gasteiger partial charge in [-0.25, -0.2) is 26.8 Å². The summed E-state index contributed by atoms with van der Waals surface area (Å²) in [6, 6.07) is 18.0. The predicted molar refractivity (Wildman–Crippen MR) is 351 cm³/mol. The zero-order chi connectivity index (χ0) is 64.3. The van der Waals surface area contributed by atoms with E-state index < -0.39 is 19.7 Å². The van der Waals surface area contributed by atoms with Gasteiger partial charge in [-0.15, -0.1) is 20.4 Å². The zero-order valence-corrected chi connectivity index (χ0v) is 55.1. The molecule has 484 valence electrons. The van der Waals surface area contributed by atoms with Crippen LogP contribution in [0.15, 0.2) is 110 Å². The van der Waals surface area contributed by atoms with Crippen molar-refractivity contribution in [3.8, 4) is 45.4 Å². The fourth-order valence-electron chi connectivity index (χ4n) is 15.5. The second-order valence-corrected chi connectivity index (χ2v) is 30.9. The second kappa shape index (κ2) is 23.7. The number of rotatable bonds is 17. The molecule has 10 aromatic rings. The highest BCUT2D eigenvalue weighted by molar-refractivity contribution is 7.92. The highest BCUT2D eigenvalue weighted by Gasteiger charge is 2.46. The Bertz CT molecular complexity index is 4910. The number of fused-ring (bicyclic) bond motifs is 6. The van der Waals surface area contributed by atoms with Crippen LogP contribution in [0.25, 0.3) is 62.8 Å². The number of aromatic nitrogens is 12. The van der Waals surface area contributed by atoms with Gasteiger partial charge >= 0.3 is 0 Å². The molecule has 6 atom stereocenters. The second-order valence-electron chi connectivity index (χ2n) is 27.0. The number of ether oxygens (including phenoxy) is 2. The van der Waals surface area contributed by atoms with Crippen LogP contribution in [-0.2, 0) is 48.4 Å². The zero-order valence-electron chi connectivity index (χ0n) is 53.5. The third-order valence-corrected chi connectivity index (χ3v) is 24.0. The number of pyridine rings is 6. The molecule has 0 bridgehead atoms. The quantitative estimate of drug-likeness (QED) is 0.0802. The minimum atomic E-state index is -3.85. The number of imidazole rings is 2. The Kier molecular flexibility index (Phi) is 15.2. The van der Waals surface area contributed by atoms with E-state index in [0.29, 0.717) is 99.2 Å². The third kappa shape index (κ3) is 10.7. The van der Waals surface area contributed by atoms with Gasteiger partial charge in [0.15, 0.2) is 37.2 Å². The molecule has 16 rings (SSSR count). The fourth-order valence-corrected chi connectivity index (χ4v) is 19.9. The van der Waals surface area contributed by atoms with Crippen molar-refractivity contribution in [2.45, 2.75) is 146 Å².